The van der Waals surface area contributed by atoms with E-state index in [4.69, 9.17) is 4.74 Å². The van der Waals surface area contributed by atoms with Crippen LogP contribution in [-0.2, 0) is 14.6 Å². The van der Waals surface area contributed by atoms with Gasteiger partial charge in [-0.25, -0.2) is 8.42 Å². The van der Waals surface area contributed by atoms with Gasteiger partial charge >= 0.3 is 0 Å². The fourth-order valence-electron chi connectivity index (χ4n) is 2.27. The molecule has 0 aromatic heterocycles. The molecule has 0 aliphatic rings. The molecule has 0 fully saturated rings. The Kier molecular flexibility index (Phi) is 5.98. The molecule has 0 aliphatic carbocycles. The molecule has 132 valence electrons. The summed E-state index contributed by atoms with van der Waals surface area (Å²) in [6.07, 6.45) is 4.32. The third kappa shape index (κ3) is 5.46. The highest BCUT2D eigenvalue weighted by atomic mass is 32.2. The minimum Gasteiger partial charge on any atom is -0.497 e. The summed E-state index contributed by atoms with van der Waals surface area (Å²) < 4.78 is 28.1. The maximum absolute atomic E-state index is 12.1. The number of carbonyl (C=O) groups excluding carboxylic acids is 1. The highest BCUT2D eigenvalue weighted by Crippen LogP contribution is 2.17. The first-order valence-electron chi connectivity index (χ1n) is 7.72. The van der Waals surface area contributed by atoms with E-state index in [1.165, 1.54) is 6.08 Å². The van der Waals surface area contributed by atoms with Crippen molar-refractivity contribution in [3.63, 3.8) is 0 Å². The highest BCUT2D eigenvalue weighted by molar-refractivity contribution is 7.90. The van der Waals surface area contributed by atoms with Gasteiger partial charge in [-0.1, -0.05) is 24.3 Å². The molecule has 0 saturated heterocycles. The molecule has 1 atom stereocenters. The number of nitrogens with one attached hydrogen (secondary N) is 1. The molecule has 0 heterocycles. The number of methoxy groups -OCH3 is 1. The molecule has 2 aromatic rings. The number of sulfone groups is 1. The molecule has 0 saturated carbocycles. The maximum atomic E-state index is 12.1. The largest absolute Gasteiger partial charge is 0.497 e. The molecule has 6 heteroatoms. The Hall–Kier alpha value is -2.60. The van der Waals surface area contributed by atoms with Crippen LogP contribution in [0.5, 0.6) is 5.75 Å². The van der Waals surface area contributed by atoms with Crippen LogP contribution in [0.1, 0.15) is 24.1 Å². The normalized spacial score (nSPS) is 12.8. The Labute approximate surface area is 148 Å². The predicted molar refractivity (Wildman–Crippen MR) is 98.1 cm³/mol. The molecular weight excluding hydrogens is 338 g/mol. The van der Waals surface area contributed by atoms with E-state index in [1.807, 2.05) is 31.2 Å². The first kappa shape index (κ1) is 18.7. The SMILES string of the molecule is COc1cccc(/C=C/C(=O)N[C@@H](C)c2ccc(S(C)(=O)=O)cc2)c1. The van der Waals surface area contributed by atoms with Crippen molar-refractivity contribution in [3.8, 4) is 5.75 Å². The number of hydrogen-bond acceptors (Lipinski definition) is 4. The molecule has 5 nitrogen and oxygen atoms in total. The summed E-state index contributed by atoms with van der Waals surface area (Å²) in [5, 5.41) is 2.85. The van der Waals surface area contributed by atoms with Crippen LogP contribution in [0.3, 0.4) is 0 Å². The Balaban J connectivity index is 2.00. The zero-order valence-corrected chi connectivity index (χ0v) is 15.2. The molecule has 0 aliphatic heterocycles. The van der Waals surface area contributed by atoms with E-state index in [9.17, 15) is 13.2 Å². The fourth-order valence-corrected chi connectivity index (χ4v) is 2.90. The second-order valence-corrected chi connectivity index (χ2v) is 7.70. The van der Waals surface area contributed by atoms with Gasteiger partial charge in [0.25, 0.3) is 0 Å². The van der Waals surface area contributed by atoms with Crippen molar-refractivity contribution in [2.75, 3.05) is 13.4 Å². The molecule has 2 aromatic carbocycles. The average Bonchev–Trinajstić information content (AvgIpc) is 2.59. The monoisotopic (exact) mass is 359 g/mol. The first-order valence-corrected chi connectivity index (χ1v) is 9.61. The summed E-state index contributed by atoms with van der Waals surface area (Å²) in [5.74, 6) is 0.490. The van der Waals surface area contributed by atoms with E-state index in [0.717, 1.165) is 23.1 Å². The van der Waals surface area contributed by atoms with Crippen molar-refractivity contribution in [3.05, 3.63) is 65.7 Å². The van der Waals surface area contributed by atoms with Gasteiger partial charge in [0.2, 0.25) is 5.91 Å². The van der Waals surface area contributed by atoms with Crippen molar-refractivity contribution in [2.24, 2.45) is 0 Å². The number of rotatable bonds is 6. The minimum absolute atomic E-state index is 0.234. The molecule has 0 spiro atoms. The maximum Gasteiger partial charge on any atom is 0.244 e. The summed E-state index contributed by atoms with van der Waals surface area (Å²) in [6, 6.07) is 13.6. The Bertz CT molecular complexity index is 871. The highest BCUT2D eigenvalue weighted by Gasteiger charge is 2.10. The zero-order valence-electron chi connectivity index (χ0n) is 14.4. The summed E-state index contributed by atoms with van der Waals surface area (Å²) in [4.78, 5) is 12.3. The molecular formula is C19H21NO4S. The second-order valence-electron chi connectivity index (χ2n) is 5.68. The summed E-state index contributed by atoms with van der Waals surface area (Å²) in [6.45, 7) is 1.84. The number of carbonyl (C=O) groups is 1. The van der Waals surface area contributed by atoms with Gasteiger partial charge < -0.3 is 10.1 Å². The van der Waals surface area contributed by atoms with Gasteiger partial charge in [-0.3, -0.25) is 4.79 Å². The number of benzene rings is 2. The molecule has 0 unspecified atom stereocenters. The van der Waals surface area contributed by atoms with E-state index < -0.39 is 9.84 Å². The van der Waals surface area contributed by atoms with Gasteiger partial charge in [0.15, 0.2) is 9.84 Å². The van der Waals surface area contributed by atoms with Crippen LogP contribution in [0.25, 0.3) is 6.08 Å². The van der Waals surface area contributed by atoms with Gasteiger partial charge in [0.1, 0.15) is 5.75 Å². The summed E-state index contributed by atoms with van der Waals surface area (Å²) in [5.41, 5.74) is 1.69. The van der Waals surface area contributed by atoms with Crippen LogP contribution in [0, 0.1) is 0 Å². The molecule has 1 amide bonds. The van der Waals surface area contributed by atoms with Crippen LogP contribution in [0.15, 0.2) is 59.5 Å². The van der Waals surface area contributed by atoms with Crippen LogP contribution < -0.4 is 10.1 Å². The zero-order chi connectivity index (χ0) is 18.4. The van der Waals surface area contributed by atoms with Gasteiger partial charge in [0, 0.05) is 12.3 Å². The smallest absolute Gasteiger partial charge is 0.244 e. The van der Waals surface area contributed by atoms with Crippen LogP contribution in [-0.4, -0.2) is 27.7 Å². The molecule has 1 N–H and O–H groups in total. The lowest BCUT2D eigenvalue weighted by Gasteiger charge is -2.13. The molecule has 0 bridgehead atoms. The van der Waals surface area contributed by atoms with Crippen LogP contribution >= 0.6 is 0 Å². The predicted octanol–water partition coefficient (Wildman–Crippen LogP) is 2.99. The fraction of sp³-hybridized carbons (Fsp3) is 0.211. The van der Waals surface area contributed by atoms with E-state index in [0.29, 0.717) is 0 Å². The van der Waals surface area contributed by atoms with Crippen molar-refractivity contribution in [1.29, 1.82) is 0 Å². The topological polar surface area (TPSA) is 72.5 Å². The van der Waals surface area contributed by atoms with E-state index in [2.05, 4.69) is 5.32 Å². The lowest BCUT2D eigenvalue weighted by atomic mass is 10.1. The lowest BCUT2D eigenvalue weighted by molar-refractivity contribution is -0.117. The second kappa shape index (κ2) is 7.98. The summed E-state index contributed by atoms with van der Waals surface area (Å²) >= 11 is 0. The van der Waals surface area contributed by atoms with Crippen molar-refractivity contribution >= 4 is 21.8 Å². The quantitative estimate of drug-likeness (QED) is 0.805. The van der Waals surface area contributed by atoms with E-state index in [-0.39, 0.29) is 16.8 Å². The lowest BCUT2D eigenvalue weighted by Crippen LogP contribution is -2.24. The average molecular weight is 359 g/mol. The first-order chi connectivity index (χ1) is 11.8. The third-order valence-corrected chi connectivity index (χ3v) is 4.82. The molecule has 0 radical (unpaired) electrons. The van der Waals surface area contributed by atoms with Gasteiger partial charge in [-0.15, -0.1) is 0 Å². The van der Waals surface area contributed by atoms with Gasteiger partial charge in [-0.05, 0) is 48.4 Å². The Morgan fingerprint density at radius 1 is 1.16 bits per heavy atom. The Morgan fingerprint density at radius 3 is 2.44 bits per heavy atom. The van der Waals surface area contributed by atoms with Gasteiger partial charge in [0.05, 0.1) is 18.0 Å². The third-order valence-electron chi connectivity index (χ3n) is 3.69. The summed E-state index contributed by atoms with van der Waals surface area (Å²) in [7, 11) is -1.63. The van der Waals surface area contributed by atoms with Gasteiger partial charge in [-0.2, -0.15) is 0 Å². The molecule has 25 heavy (non-hydrogen) atoms. The minimum atomic E-state index is -3.22. The van der Waals surface area contributed by atoms with Crippen LogP contribution in [0.2, 0.25) is 0 Å². The Morgan fingerprint density at radius 2 is 1.84 bits per heavy atom. The van der Waals surface area contributed by atoms with Crippen molar-refractivity contribution in [1.82, 2.24) is 5.32 Å². The standard InChI is InChI=1S/C19H21NO4S/c1-14(16-8-10-18(11-9-16)25(3,22)23)20-19(21)12-7-15-5-4-6-17(13-15)24-2/h4-14H,1-3H3,(H,20,21)/b12-7+/t14-/m0/s1. The number of hydrogen-bond donors (Lipinski definition) is 1. The number of ether oxygens (including phenoxy) is 1. The molecule has 2 rings (SSSR count). The van der Waals surface area contributed by atoms with E-state index >= 15 is 0 Å². The number of amides is 1. The van der Waals surface area contributed by atoms with Crippen molar-refractivity contribution < 1.29 is 17.9 Å². The van der Waals surface area contributed by atoms with Crippen molar-refractivity contribution in [2.45, 2.75) is 17.9 Å². The van der Waals surface area contributed by atoms with E-state index in [1.54, 1.807) is 37.5 Å². The van der Waals surface area contributed by atoms with Crippen LogP contribution in [0.4, 0.5) is 0 Å².